The van der Waals surface area contributed by atoms with Crippen LogP contribution in [-0.4, -0.2) is 0 Å². The van der Waals surface area contributed by atoms with Gasteiger partial charge in [0.05, 0.1) is 0 Å². The van der Waals surface area contributed by atoms with Gasteiger partial charge in [0.15, 0.2) is 0 Å². The van der Waals surface area contributed by atoms with Crippen molar-refractivity contribution in [3.8, 4) is 23.7 Å². The molecule has 2 aliphatic carbocycles. The molecule has 2 aliphatic rings. The first-order valence-electron chi connectivity index (χ1n) is 15.3. The van der Waals surface area contributed by atoms with Crippen LogP contribution in [0.2, 0.25) is 0 Å². The molecule has 0 nitrogen and oxygen atoms in total. The van der Waals surface area contributed by atoms with Crippen LogP contribution in [0, 0.1) is 40.4 Å². The summed E-state index contributed by atoms with van der Waals surface area (Å²) in [6.45, 7) is 22.5. The van der Waals surface area contributed by atoms with Gasteiger partial charge >= 0.3 is 0 Å². The van der Waals surface area contributed by atoms with E-state index in [1.54, 1.807) is 5.57 Å². The third-order valence-electron chi connectivity index (χ3n) is 8.25. The normalized spacial score (nSPS) is 21.1. The van der Waals surface area contributed by atoms with E-state index >= 15 is 0 Å². The molecule has 0 radical (unpaired) electrons. The molecule has 0 aromatic heterocycles. The van der Waals surface area contributed by atoms with Crippen LogP contribution in [0.1, 0.15) is 114 Å². The highest BCUT2D eigenvalue weighted by atomic mass is 14.3. The monoisotopic (exact) mass is 534 g/mol. The Kier molecular flexibility index (Phi) is 13.1. The van der Waals surface area contributed by atoms with Crippen molar-refractivity contribution >= 4 is 0 Å². The molecule has 0 heteroatoms. The third-order valence-corrected chi connectivity index (χ3v) is 8.25. The van der Waals surface area contributed by atoms with E-state index in [4.69, 9.17) is 0 Å². The number of hydrogen-bond donors (Lipinski definition) is 0. The van der Waals surface area contributed by atoms with E-state index in [1.807, 2.05) is 6.08 Å². The van der Waals surface area contributed by atoms with Crippen LogP contribution in [0.4, 0.5) is 0 Å². The summed E-state index contributed by atoms with van der Waals surface area (Å²) in [5.41, 5.74) is 10.1. The lowest BCUT2D eigenvalue weighted by molar-refractivity contribution is 0.376. The van der Waals surface area contributed by atoms with Crippen molar-refractivity contribution in [3.05, 3.63) is 93.7 Å². The van der Waals surface area contributed by atoms with E-state index in [0.717, 1.165) is 12.0 Å². The second-order valence-corrected chi connectivity index (χ2v) is 13.2. The average Bonchev–Trinajstić information content (AvgIpc) is 2.85. The Hall–Kier alpha value is -2.96. The molecule has 0 bridgehead atoms. The van der Waals surface area contributed by atoms with Crippen molar-refractivity contribution in [2.45, 2.75) is 114 Å². The van der Waals surface area contributed by atoms with Gasteiger partial charge in [0.2, 0.25) is 0 Å². The van der Waals surface area contributed by atoms with Crippen LogP contribution in [0.15, 0.2) is 93.7 Å². The fraction of sp³-hybridized carbons (Fsp3) is 0.500. The Labute approximate surface area is 247 Å². The molecule has 0 heterocycles. The fourth-order valence-corrected chi connectivity index (χ4v) is 5.71. The highest BCUT2D eigenvalue weighted by Gasteiger charge is 2.27. The van der Waals surface area contributed by atoms with E-state index in [-0.39, 0.29) is 16.7 Å². The van der Waals surface area contributed by atoms with Gasteiger partial charge in [-0.1, -0.05) is 117 Å². The van der Waals surface area contributed by atoms with Crippen molar-refractivity contribution in [1.29, 1.82) is 0 Å². The molecular formula is C40H54. The van der Waals surface area contributed by atoms with Gasteiger partial charge in [0.1, 0.15) is 0 Å². The van der Waals surface area contributed by atoms with Crippen molar-refractivity contribution in [2.24, 2.45) is 16.7 Å². The summed E-state index contributed by atoms with van der Waals surface area (Å²) in [6.07, 6.45) is 27.9. The Balaban J connectivity index is 1.87. The van der Waals surface area contributed by atoms with Gasteiger partial charge in [-0.05, 0) is 119 Å². The summed E-state index contributed by atoms with van der Waals surface area (Å²) in [7, 11) is 0. The predicted octanol–water partition coefficient (Wildman–Crippen LogP) is 11.6. The Morgan fingerprint density at radius 1 is 0.850 bits per heavy atom. The van der Waals surface area contributed by atoms with Gasteiger partial charge in [0.25, 0.3) is 0 Å². The first-order chi connectivity index (χ1) is 18.8. The Morgan fingerprint density at radius 3 is 2.02 bits per heavy atom. The topological polar surface area (TPSA) is 0 Å². The van der Waals surface area contributed by atoms with Crippen LogP contribution in [0.3, 0.4) is 0 Å². The van der Waals surface area contributed by atoms with Gasteiger partial charge in [-0.25, -0.2) is 0 Å². The predicted molar refractivity (Wildman–Crippen MR) is 179 cm³/mol. The molecule has 0 aromatic carbocycles. The first-order valence-corrected chi connectivity index (χ1v) is 15.3. The van der Waals surface area contributed by atoms with Crippen LogP contribution in [-0.2, 0) is 0 Å². The number of rotatable bonds is 7. The third kappa shape index (κ3) is 11.3. The second-order valence-electron chi connectivity index (χ2n) is 13.2. The highest BCUT2D eigenvalue weighted by molar-refractivity contribution is 5.40. The van der Waals surface area contributed by atoms with Gasteiger partial charge < -0.3 is 0 Å². The minimum Gasteiger partial charge on any atom is -0.0983 e. The van der Waals surface area contributed by atoms with E-state index in [9.17, 15) is 0 Å². The SMILES string of the molecule is CC1=C(/C=C/C(C)=C\C#C/C(C)=C/C=C\C=C(\C)CC#CC(C)/C=C/C2=C(C)CCCC2(C)C)C(C)(C)CCC1. The Morgan fingerprint density at radius 2 is 1.43 bits per heavy atom. The highest BCUT2D eigenvalue weighted by Crippen LogP contribution is 2.41. The molecule has 2 rings (SSSR count). The lowest BCUT2D eigenvalue weighted by Gasteiger charge is -2.33. The number of hydrogen-bond acceptors (Lipinski definition) is 0. The Bertz CT molecular complexity index is 1260. The zero-order valence-corrected chi connectivity index (χ0v) is 27.2. The molecule has 0 spiro atoms. The van der Waals surface area contributed by atoms with E-state index in [2.05, 4.69) is 142 Å². The van der Waals surface area contributed by atoms with E-state index in [0.29, 0.717) is 0 Å². The standard InChI is InChI=1S/C40H54/c1-31(19-13-21-33(3)25-27-37-35(5)23-15-29-39(37,7)8)17-11-12-18-32(2)20-14-22-34(4)26-28-38-36(6)24-16-30-40(38,9)10/h11-12,17-18,22,25-28,33H,15-16,19,23-24,29-30H2,1-10H3/b12-11-,27-25+,28-26+,31-17-,32-18+,34-22-. The zero-order valence-electron chi connectivity index (χ0n) is 27.2. The molecule has 0 fully saturated rings. The zero-order chi connectivity index (χ0) is 29.8. The molecule has 40 heavy (non-hydrogen) atoms. The maximum atomic E-state index is 3.40. The lowest BCUT2D eigenvalue weighted by Crippen LogP contribution is -2.19. The van der Waals surface area contributed by atoms with Crippen molar-refractivity contribution in [3.63, 3.8) is 0 Å². The largest absolute Gasteiger partial charge is 0.0983 e. The molecule has 1 unspecified atom stereocenters. The molecule has 0 aliphatic heterocycles. The maximum Gasteiger partial charge on any atom is 0.0357 e. The molecule has 214 valence electrons. The minimum atomic E-state index is 0.263. The summed E-state index contributed by atoms with van der Waals surface area (Å²) in [5.74, 6) is 13.5. The second kappa shape index (κ2) is 15.7. The summed E-state index contributed by atoms with van der Waals surface area (Å²) in [4.78, 5) is 0. The summed E-state index contributed by atoms with van der Waals surface area (Å²) < 4.78 is 0. The summed E-state index contributed by atoms with van der Waals surface area (Å²) in [5, 5.41) is 0. The lowest BCUT2D eigenvalue weighted by atomic mass is 9.72. The fourth-order valence-electron chi connectivity index (χ4n) is 5.71. The molecule has 0 saturated carbocycles. The molecule has 0 saturated heterocycles. The average molecular weight is 535 g/mol. The summed E-state index contributed by atoms with van der Waals surface area (Å²) >= 11 is 0. The van der Waals surface area contributed by atoms with Gasteiger partial charge in [-0.15, -0.1) is 0 Å². The molecule has 0 aromatic rings. The minimum absolute atomic E-state index is 0.263. The van der Waals surface area contributed by atoms with Gasteiger partial charge in [-0.3, -0.25) is 0 Å². The molecule has 1 atom stereocenters. The maximum absolute atomic E-state index is 3.40. The quantitative estimate of drug-likeness (QED) is 0.225. The number of allylic oxidation sites excluding steroid dienone is 16. The van der Waals surface area contributed by atoms with Crippen molar-refractivity contribution in [1.82, 2.24) is 0 Å². The van der Waals surface area contributed by atoms with Crippen LogP contribution >= 0.6 is 0 Å². The smallest absolute Gasteiger partial charge is 0.0357 e. The first kappa shape index (κ1) is 33.2. The molecular weight excluding hydrogens is 480 g/mol. The van der Waals surface area contributed by atoms with E-state index in [1.165, 1.54) is 66.4 Å². The molecule has 0 amide bonds. The van der Waals surface area contributed by atoms with E-state index < -0.39 is 0 Å². The molecule has 0 N–H and O–H groups in total. The van der Waals surface area contributed by atoms with Crippen LogP contribution < -0.4 is 0 Å². The van der Waals surface area contributed by atoms with Gasteiger partial charge in [0, 0.05) is 12.3 Å². The van der Waals surface area contributed by atoms with Crippen molar-refractivity contribution in [2.75, 3.05) is 0 Å². The summed E-state index contributed by atoms with van der Waals surface area (Å²) in [6, 6.07) is 0. The van der Waals surface area contributed by atoms with Crippen LogP contribution in [0.5, 0.6) is 0 Å². The van der Waals surface area contributed by atoms with Crippen molar-refractivity contribution < 1.29 is 0 Å². The van der Waals surface area contributed by atoms with Crippen LogP contribution in [0.25, 0.3) is 0 Å². The van der Waals surface area contributed by atoms with Gasteiger partial charge in [-0.2, -0.15) is 0 Å².